The highest BCUT2D eigenvalue weighted by Gasteiger charge is 2.20. The Bertz CT molecular complexity index is 1550. The number of rotatable bonds is 3. The molecular weight excluding hydrogens is 610 g/mol. The molecule has 39 heavy (non-hydrogen) atoms. The molecule has 0 bridgehead atoms. The molecule has 3 aromatic rings. The molecule has 0 saturated heterocycles. The van der Waals surface area contributed by atoms with Gasteiger partial charge in [-0.25, -0.2) is 9.59 Å². The molecule has 1 heterocycles. The van der Waals surface area contributed by atoms with Crippen LogP contribution in [0.2, 0.25) is 20.1 Å². The molecule has 11 heteroatoms. The normalized spacial score (nSPS) is 9.95. The predicted molar refractivity (Wildman–Crippen MR) is 159 cm³/mol. The molecule has 0 radical (unpaired) electrons. The molecule has 0 unspecified atom stereocenters. The summed E-state index contributed by atoms with van der Waals surface area (Å²) in [6, 6.07) is 4.63. The van der Waals surface area contributed by atoms with E-state index in [-0.39, 0.29) is 22.7 Å². The number of carbonyl (C=O) groups is 2. The first-order valence-corrected chi connectivity index (χ1v) is 13.0. The van der Waals surface area contributed by atoms with Crippen LogP contribution in [-0.4, -0.2) is 22.1 Å². The zero-order valence-corrected chi connectivity index (χ0v) is 25.9. The van der Waals surface area contributed by atoms with E-state index < -0.39 is 10.9 Å². The quantitative estimate of drug-likeness (QED) is 0.176. The van der Waals surface area contributed by atoms with E-state index >= 15 is 0 Å². The summed E-state index contributed by atoms with van der Waals surface area (Å²) in [5.41, 5.74) is 2.82. The standard InChI is InChI=1S/C14H12Cl2O3.C11H7Cl3O2.C3H6O/c1-6-4-9(15)13(16)8(3)11(6)12-10(17)5-7(2)19-14(12)18;1-5-3-8(12)10(13)6(2)9(5)7(4-15)11(14)16;1-3(2)4/h4-5,17H,1-3H3;3H,1-2H3;1-2H3. The molecule has 0 atom stereocenters. The predicted octanol–water partition coefficient (Wildman–Crippen LogP) is 8.43. The van der Waals surface area contributed by atoms with Gasteiger partial charge < -0.3 is 14.3 Å². The first-order chi connectivity index (χ1) is 18.0. The Labute approximate surface area is 251 Å². The fraction of sp³-hybridized carbons (Fsp3) is 0.250. The third-order valence-corrected chi connectivity index (χ3v) is 7.11. The van der Waals surface area contributed by atoms with E-state index in [0.29, 0.717) is 53.7 Å². The van der Waals surface area contributed by atoms with Crippen LogP contribution in [0, 0.1) is 34.6 Å². The van der Waals surface area contributed by atoms with Gasteiger partial charge in [0.25, 0.3) is 5.24 Å². The number of ketones is 1. The van der Waals surface area contributed by atoms with Crippen LogP contribution >= 0.6 is 58.0 Å². The maximum atomic E-state index is 12.0. The van der Waals surface area contributed by atoms with Crippen LogP contribution in [-0.2, 0) is 14.4 Å². The molecule has 3 rings (SSSR count). The second-order valence-electron chi connectivity index (χ2n) is 8.54. The number of carbonyl (C=O) groups excluding carboxylic acids is 3. The van der Waals surface area contributed by atoms with Crippen LogP contribution in [0.4, 0.5) is 0 Å². The summed E-state index contributed by atoms with van der Waals surface area (Å²) in [7, 11) is 0. The van der Waals surface area contributed by atoms with Gasteiger partial charge >= 0.3 is 5.63 Å². The highest BCUT2D eigenvalue weighted by atomic mass is 35.5. The Balaban J connectivity index is 0.000000347. The molecule has 0 aliphatic carbocycles. The van der Waals surface area contributed by atoms with Crippen LogP contribution in [0.5, 0.6) is 5.75 Å². The van der Waals surface area contributed by atoms with Gasteiger partial charge in [0.15, 0.2) is 0 Å². The largest absolute Gasteiger partial charge is 0.507 e. The van der Waals surface area contributed by atoms with Gasteiger partial charge in [-0.15, -0.1) is 0 Å². The molecule has 1 aromatic heterocycles. The fourth-order valence-electron chi connectivity index (χ4n) is 3.61. The van der Waals surface area contributed by atoms with Crippen LogP contribution in [0.15, 0.2) is 27.4 Å². The van der Waals surface area contributed by atoms with Crippen molar-refractivity contribution in [3.8, 4) is 16.9 Å². The number of aryl methyl sites for hydroxylation is 3. The number of allylic oxidation sites excluding steroid dienone is 1. The minimum atomic E-state index is -0.861. The van der Waals surface area contributed by atoms with E-state index in [0.717, 1.165) is 5.56 Å². The van der Waals surface area contributed by atoms with Gasteiger partial charge in [-0.05, 0) is 94.5 Å². The second-order valence-corrected chi connectivity index (χ2v) is 10.5. The lowest BCUT2D eigenvalue weighted by Gasteiger charge is -2.13. The zero-order valence-electron chi connectivity index (χ0n) is 22.1. The van der Waals surface area contributed by atoms with Crippen molar-refractivity contribution in [2.24, 2.45) is 0 Å². The molecular formula is C28H25Cl5O6. The number of halogens is 5. The Morgan fingerprint density at radius 3 is 1.72 bits per heavy atom. The van der Waals surface area contributed by atoms with Crippen molar-refractivity contribution in [1.29, 1.82) is 0 Å². The van der Waals surface area contributed by atoms with Crippen molar-refractivity contribution in [1.82, 2.24) is 0 Å². The summed E-state index contributed by atoms with van der Waals surface area (Å²) in [6.07, 6.45) is 0. The molecule has 1 N–H and O–H groups in total. The van der Waals surface area contributed by atoms with Gasteiger partial charge in [0, 0.05) is 17.2 Å². The average Bonchev–Trinajstić information content (AvgIpc) is 2.80. The van der Waals surface area contributed by atoms with Crippen LogP contribution in [0.1, 0.15) is 47.4 Å². The lowest BCUT2D eigenvalue weighted by atomic mass is 9.96. The zero-order chi connectivity index (χ0) is 30.4. The third kappa shape index (κ3) is 8.71. The van der Waals surface area contributed by atoms with Gasteiger partial charge in [0.2, 0.25) is 0 Å². The molecule has 0 aliphatic rings. The summed E-state index contributed by atoms with van der Waals surface area (Å²) < 4.78 is 5.03. The number of hydrogen-bond acceptors (Lipinski definition) is 6. The minimum absolute atomic E-state index is 0.110. The maximum absolute atomic E-state index is 12.0. The van der Waals surface area contributed by atoms with E-state index in [2.05, 4.69) is 0 Å². The average molecular weight is 635 g/mol. The Kier molecular flexibility index (Phi) is 13.0. The van der Waals surface area contributed by atoms with Crippen LogP contribution < -0.4 is 5.63 Å². The van der Waals surface area contributed by atoms with E-state index in [1.165, 1.54) is 25.9 Å². The van der Waals surface area contributed by atoms with Crippen LogP contribution in [0.3, 0.4) is 0 Å². The van der Waals surface area contributed by atoms with E-state index in [1.807, 2.05) is 0 Å². The van der Waals surface area contributed by atoms with Crippen molar-refractivity contribution < 1.29 is 23.9 Å². The lowest BCUT2D eigenvalue weighted by molar-refractivity contribution is -0.115. The van der Waals surface area contributed by atoms with Crippen molar-refractivity contribution in [2.75, 3.05) is 0 Å². The first kappa shape index (κ1) is 34.5. The molecule has 0 fully saturated rings. The number of aromatic hydroxyl groups is 1. The monoisotopic (exact) mass is 632 g/mol. The van der Waals surface area contributed by atoms with Gasteiger partial charge in [0.05, 0.1) is 20.1 Å². The summed E-state index contributed by atoms with van der Waals surface area (Å²) in [5, 5.41) is 10.6. The summed E-state index contributed by atoms with van der Waals surface area (Å²) in [4.78, 5) is 43.2. The van der Waals surface area contributed by atoms with Crippen molar-refractivity contribution in [3.63, 3.8) is 0 Å². The Morgan fingerprint density at radius 1 is 0.821 bits per heavy atom. The fourth-order valence-corrected chi connectivity index (χ4v) is 4.65. The minimum Gasteiger partial charge on any atom is -0.507 e. The van der Waals surface area contributed by atoms with Gasteiger partial charge in [-0.2, -0.15) is 0 Å². The molecule has 0 saturated carbocycles. The Hall–Kier alpha value is -2.57. The smallest absolute Gasteiger partial charge is 0.347 e. The third-order valence-electron chi connectivity index (χ3n) is 5.16. The van der Waals surface area contributed by atoms with E-state index in [4.69, 9.17) is 62.4 Å². The Morgan fingerprint density at radius 2 is 1.28 bits per heavy atom. The van der Waals surface area contributed by atoms with Crippen molar-refractivity contribution >= 4 is 80.5 Å². The maximum Gasteiger partial charge on any atom is 0.347 e. The van der Waals surface area contributed by atoms with Crippen molar-refractivity contribution in [2.45, 2.75) is 48.5 Å². The molecule has 0 spiro atoms. The topological polar surface area (TPSA) is 102 Å². The highest BCUT2D eigenvalue weighted by Crippen LogP contribution is 2.38. The second kappa shape index (κ2) is 14.7. The molecule has 0 amide bonds. The van der Waals surface area contributed by atoms with Gasteiger partial charge in [-0.1, -0.05) is 46.4 Å². The molecule has 208 valence electrons. The van der Waals surface area contributed by atoms with Crippen molar-refractivity contribution in [3.05, 3.63) is 82.3 Å². The summed E-state index contributed by atoms with van der Waals surface area (Å²) >= 11 is 29.2. The van der Waals surface area contributed by atoms with Gasteiger partial charge in [-0.3, -0.25) is 4.79 Å². The van der Waals surface area contributed by atoms with Crippen LogP contribution in [0.25, 0.3) is 16.7 Å². The molecule has 0 aliphatic heterocycles. The van der Waals surface area contributed by atoms with E-state index in [1.54, 1.807) is 46.8 Å². The first-order valence-electron chi connectivity index (χ1n) is 11.1. The molecule has 6 nitrogen and oxygen atoms in total. The number of benzene rings is 2. The summed E-state index contributed by atoms with van der Waals surface area (Å²) in [6.45, 7) is 11.6. The van der Waals surface area contributed by atoms with E-state index in [9.17, 15) is 24.3 Å². The van der Waals surface area contributed by atoms with Gasteiger partial charge in [0.1, 0.15) is 34.4 Å². The highest BCUT2D eigenvalue weighted by molar-refractivity contribution is 6.76. The number of Topliss-reactive ketones (excluding diaryl/α,β-unsaturated/α-hetero) is 1. The SMILES string of the molecule is CC(C)=O.Cc1cc(Cl)c(Cl)c(C)c1C(=C=O)C(=O)Cl.Cc1cc(O)c(-c2c(C)cc(Cl)c(Cl)c2C)c(=O)o1. The number of hydrogen-bond donors (Lipinski definition) is 1. The molecule has 2 aromatic carbocycles. The lowest BCUT2D eigenvalue weighted by Crippen LogP contribution is -2.06. The summed E-state index contributed by atoms with van der Waals surface area (Å²) in [5.74, 6) is 1.92.